The van der Waals surface area contributed by atoms with Crippen LogP contribution in [0.3, 0.4) is 0 Å². The number of amides is 4. The lowest BCUT2D eigenvalue weighted by Crippen LogP contribution is -2.62. The number of likely N-dealkylation sites (tertiary alicyclic amines) is 1. The van der Waals surface area contributed by atoms with Crippen LogP contribution in [0.1, 0.15) is 12.8 Å². The van der Waals surface area contributed by atoms with Crippen molar-refractivity contribution in [3.63, 3.8) is 0 Å². The second kappa shape index (κ2) is 4.29. The number of nitrogens with one attached hydrogen (secondary N) is 2. The van der Waals surface area contributed by atoms with Crippen molar-refractivity contribution in [2.24, 2.45) is 0 Å². The summed E-state index contributed by atoms with van der Waals surface area (Å²) in [6.07, 6.45) is 1.35. The molecular weight excluding hydrogens is 234 g/mol. The molecule has 88 valence electrons. The Morgan fingerprint density at radius 3 is 2.75 bits per heavy atom. The molecule has 2 aliphatic rings. The summed E-state index contributed by atoms with van der Waals surface area (Å²) >= 11 is 5.86. The Balaban J connectivity index is 1.99. The van der Waals surface area contributed by atoms with Crippen LogP contribution in [0.2, 0.25) is 0 Å². The lowest BCUT2D eigenvalue weighted by molar-refractivity contribution is -0.129. The molecule has 0 saturated carbocycles. The smallest absolute Gasteiger partial charge is 0.321 e. The Kier molecular flexibility index (Phi) is 3.00. The van der Waals surface area contributed by atoms with Gasteiger partial charge in [0.25, 0.3) is 0 Å². The van der Waals surface area contributed by atoms with E-state index in [4.69, 9.17) is 11.6 Å². The molecule has 0 spiro atoms. The molecule has 7 heteroatoms. The molecule has 0 aromatic heterocycles. The van der Waals surface area contributed by atoms with Crippen LogP contribution in [0, 0.1) is 0 Å². The molecule has 2 fully saturated rings. The summed E-state index contributed by atoms with van der Waals surface area (Å²) in [5.74, 6) is -0.467. The van der Waals surface area contributed by atoms with E-state index in [0.29, 0.717) is 19.5 Å². The highest BCUT2D eigenvalue weighted by atomic mass is 35.5. The van der Waals surface area contributed by atoms with Crippen LogP contribution in [0.4, 0.5) is 4.79 Å². The molecule has 4 amide bonds. The molecule has 2 atom stereocenters. The van der Waals surface area contributed by atoms with Gasteiger partial charge in [0.1, 0.15) is 5.38 Å². The van der Waals surface area contributed by atoms with Crippen molar-refractivity contribution in [2.45, 2.75) is 24.3 Å². The maximum atomic E-state index is 11.4. The average molecular weight is 246 g/mol. The van der Waals surface area contributed by atoms with Crippen LogP contribution < -0.4 is 10.6 Å². The van der Waals surface area contributed by atoms with Crippen LogP contribution in [0.25, 0.3) is 0 Å². The zero-order valence-electron chi connectivity index (χ0n) is 8.53. The van der Waals surface area contributed by atoms with Gasteiger partial charge < -0.3 is 10.2 Å². The van der Waals surface area contributed by atoms with Gasteiger partial charge in [0, 0.05) is 19.5 Å². The Morgan fingerprint density at radius 1 is 1.38 bits per heavy atom. The van der Waals surface area contributed by atoms with Gasteiger partial charge in [0.2, 0.25) is 11.8 Å². The van der Waals surface area contributed by atoms with Gasteiger partial charge in [-0.2, -0.15) is 0 Å². The van der Waals surface area contributed by atoms with Crippen LogP contribution in [-0.4, -0.2) is 47.3 Å². The molecule has 0 radical (unpaired) electrons. The van der Waals surface area contributed by atoms with Gasteiger partial charge in [-0.05, 0) is 6.42 Å². The number of alkyl halides is 1. The molecule has 2 heterocycles. The number of imide groups is 1. The van der Waals surface area contributed by atoms with Crippen molar-refractivity contribution in [1.29, 1.82) is 0 Å². The molecule has 0 aliphatic carbocycles. The quantitative estimate of drug-likeness (QED) is 0.639. The molecule has 2 saturated heterocycles. The SMILES string of the molecule is O=C1NC(=O)C(Cl)C(CN2CCCC2=O)N1. The monoisotopic (exact) mass is 245 g/mol. The molecule has 16 heavy (non-hydrogen) atoms. The minimum Gasteiger partial charge on any atom is -0.341 e. The van der Waals surface area contributed by atoms with Crippen LogP contribution in [-0.2, 0) is 9.59 Å². The standard InChI is InChI=1S/C9H12ClN3O3/c10-7-5(11-9(16)12-8(7)15)4-13-3-1-2-6(13)14/h5,7H,1-4H2,(H2,11,12,15,16). The second-order valence-electron chi connectivity index (χ2n) is 3.91. The molecule has 2 rings (SSSR count). The molecule has 0 aromatic rings. The highest BCUT2D eigenvalue weighted by molar-refractivity contribution is 6.33. The van der Waals surface area contributed by atoms with E-state index in [0.717, 1.165) is 6.42 Å². The van der Waals surface area contributed by atoms with Gasteiger partial charge in [-0.1, -0.05) is 0 Å². The van der Waals surface area contributed by atoms with Gasteiger partial charge in [-0.3, -0.25) is 14.9 Å². The summed E-state index contributed by atoms with van der Waals surface area (Å²) in [6.45, 7) is 0.961. The molecule has 2 N–H and O–H groups in total. The first-order valence-corrected chi connectivity index (χ1v) is 5.55. The van der Waals surface area contributed by atoms with Crippen molar-refractivity contribution in [2.75, 3.05) is 13.1 Å². The minimum absolute atomic E-state index is 0.0455. The summed E-state index contributed by atoms with van der Waals surface area (Å²) in [6, 6.07) is -1.07. The van der Waals surface area contributed by atoms with E-state index in [2.05, 4.69) is 10.6 Å². The fourth-order valence-electron chi connectivity index (χ4n) is 1.91. The summed E-state index contributed by atoms with van der Waals surface area (Å²) in [5, 5.41) is 3.79. The van der Waals surface area contributed by atoms with E-state index in [1.165, 1.54) is 0 Å². The first kappa shape index (κ1) is 11.2. The first-order chi connectivity index (χ1) is 7.58. The van der Waals surface area contributed by atoms with Crippen molar-refractivity contribution in [3.8, 4) is 0 Å². The van der Waals surface area contributed by atoms with E-state index in [1.54, 1.807) is 4.90 Å². The predicted molar refractivity (Wildman–Crippen MR) is 55.9 cm³/mol. The summed E-state index contributed by atoms with van der Waals surface area (Å²) in [7, 11) is 0. The summed E-state index contributed by atoms with van der Waals surface area (Å²) in [4.78, 5) is 35.4. The maximum Gasteiger partial charge on any atom is 0.321 e. The normalized spacial score (nSPS) is 30.3. The second-order valence-corrected chi connectivity index (χ2v) is 4.38. The van der Waals surface area contributed by atoms with Crippen molar-refractivity contribution in [3.05, 3.63) is 0 Å². The number of carbonyl (C=O) groups excluding carboxylic acids is 3. The van der Waals surface area contributed by atoms with E-state index in [-0.39, 0.29) is 5.91 Å². The zero-order valence-corrected chi connectivity index (χ0v) is 9.29. The van der Waals surface area contributed by atoms with Gasteiger partial charge in [0.05, 0.1) is 6.04 Å². The number of nitrogens with zero attached hydrogens (tertiary/aromatic N) is 1. The fraction of sp³-hybridized carbons (Fsp3) is 0.667. The molecule has 2 aliphatic heterocycles. The lowest BCUT2D eigenvalue weighted by atomic mass is 10.1. The Hall–Kier alpha value is -1.30. The highest BCUT2D eigenvalue weighted by Gasteiger charge is 2.36. The molecule has 2 unspecified atom stereocenters. The number of carbonyl (C=O) groups is 3. The third kappa shape index (κ3) is 2.11. The highest BCUT2D eigenvalue weighted by Crippen LogP contribution is 2.14. The average Bonchev–Trinajstić information content (AvgIpc) is 2.60. The van der Waals surface area contributed by atoms with Crippen molar-refractivity contribution < 1.29 is 14.4 Å². The van der Waals surface area contributed by atoms with Crippen LogP contribution >= 0.6 is 11.6 Å². The van der Waals surface area contributed by atoms with Gasteiger partial charge in [0.15, 0.2) is 0 Å². The van der Waals surface area contributed by atoms with Gasteiger partial charge >= 0.3 is 6.03 Å². The Morgan fingerprint density at radius 2 is 2.12 bits per heavy atom. The molecular formula is C9H12ClN3O3. The number of rotatable bonds is 2. The number of halogens is 1. The van der Waals surface area contributed by atoms with Crippen LogP contribution in [0.15, 0.2) is 0 Å². The summed E-state index contributed by atoms with van der Waals surface area (Å²) in [5.41, 5.74) is 0. The maximum absolute atomic E-state index is 11.4. The Labute approximate surface area is 97.3 Å². The molecule has 0 bridgehead atoms. The minimum atomic E-state index is -0.828. The fourth-order valence-corrected chi connectivity index (χ4v) is 2.11. The predicted octanol–water partition coefficient (Wildman–Crippen LogP) is -0.576. The van der Waals surface area contributed by atoms with Crippen molar-refractivity contribution >= 4 is 29.4 Å². The third-order valence-electron chi connectivity index (χ3n) is 2.75. The zero-order chi connectivity index (χ0) is 11.7. The summed E-state index contributed by atoms with van der Waals surface area (Å²) < 4.78 is 0. The van der Waals surface area contributed by atoms with Crippen LogP contribution in [0.5, 0.6) is 0 Å². The third-order valence-corrected chi connectivity index (χ3v) is 3.25. The van der Waals surface area contributed by atoms with E-state index in [9.17, 15) is 14.4 Å². The number of hydrogen-bond acceptors (Lipinski definition) is 3. The molecule has 6 nitrogen and oxygen atoms in total. The lowest BCUT2D eigenvalue weighted by Gasteiger charge is -2.30. The number of hydrogen-bond donors (Lipinski definition) is 2. The van der Waals surface area contributed by atoms with E-state index < -0.39 is 23.4 Å². The number of urea groups is 1. The largest absolute Gasteiger partial charge is 0.341 e. The van der Waals surface area contributed by atoms with E-state index >= 15 is 0 Å². The van der Waals surface area contributed by atoms with Gasteiger partial charge in [-0.25, -0.2) is 4.79 Å². The first-order valence-electron chi connectivity index (χ1n) is 5.11. The van der Waals surface area contributed by atoms with Gasteiger partial charge in [-0.15, -0.1) is 11.6 Å². The van der Waals surface area contributed by atoms with Crippen molar-refractivity contribution in [1.82, 2.24) is 15.5 Å². The Bertz CT molecular complexity index is 347. The topological polar surface area (TPSA) is 78.5 Å². The van der Waals surface area contributed by atoms with E-state index in [1.807, 2.05) is 0 Å². The molecule has 0 aromatic carbocycles.